The van der Waals surface area contributed by atoms with E-state index < -0.39 is 0 Å². The Morgan fingerprint density at radius 3 is 2.42 bits per heavy atom. The van der Waals surface area contributed by atoms with Crippen molar-refractivity contribution < 1.29 is 9.53 Å². The highest BCUT2D eigenvalue weighted by molar-refractivity contribution is 5.94. The van der Waals surface area contributed by atoms with Gasteiger partial charge in [0.2, 0.25) is 0 Å². The average Bonchev–Trinajstić information content (AvgIpc) is 3.07. The van der Waals surface area contributed by atoms with Gasteiger partial charge in [0.1, 0.15) is 0 Å². The topological polar surface area (TPSA) is 57.4 Å². The summed E-state index contributed by atoms with van der Waals surface area (Å²) in [7, 11) is 0. The van der Waals surface area contributed by atoms with Gasteiger partial charge in [-0.25, -0.2) is 0 Å². The van der Waals surface area contributed by atoms with Crippen LogP contribution in [0.1, 0.15) is 35.3 Å². The summed E-state index contributed by atoms with van der Waals surface area (Å²) in [5, 5.41) is 3.40. The van der Waals surface area contributed by atoms with E-state index in [1.165, 1.54) is 11.1 Å². The number of ether oxygens (including phenoxy) is 1. The first-order valence-electron chi connectivity index (χ1n) is 8.48. The van der Waals surface area contributed by atoms with Gasteiger partial charge in [-0.3, -0.25) is 4.79 Å². The molecule has 2 atom stereocenters. The van der Waals surface area contributed by atoms with Crippen LogP contribution in [0.3, 0.4) is 0 Å². The number of hydrogen-bond acceptors (Lipinski definition) is 3. The highest BCUT2D eigenvalue weighted by Crippen LogP contribution is 2.15. The molecule has 1 aromatic heterocycles. The summed E-state index contributed by atoms with van der Waals surface area (Å²) in [5.41, 5.74) is 3.15. The van der Waals surface area contributed by atoms with Gasteiger partial charge in [0, 0.05) is 44.1 Å². The van der Waals surface area contributed by atoms with Crippen LogP contribution in [0, 0.1) is 0 Å². The summed E-state index contributed by atoms with van der Waals surface area (Å²) < 4.78 is 5.69. The van der Waals surface area contributed by atoms with E-state index in [2.05, 4.69) is 16.4 Å². The molecule has 0 aliphatic carbocycles. The maximum atomic E-state index is 12.6. The molecule has 2 N–H and O–H groups in total. The van der Waals surface area contributed by atoms with Gasteiger partial charge in [-0.2, -0.15) is 0 Å². The van der Waals surface area contributed by atoms with Crippen molar-refractivity contribution in [3.63, 3.8) is 0 Å². The van der Waals surface area contributed by atoms with E-state index in [0.29, 0.717) is 13.1 Å². The fourth-order valence-electron chi connectivity index (χ4n) is 3.11. The van der Waals surface area contributed by atoms with E-state index in [1.54, 1.807) is 0 Å². The summed E-state index contributed by atoms with van der Waals surface area (Å²) in [4.78, 5) is 17.6. The zero-order valence-corrected chi connectivity index (χ0v) is 14.3. The van der Waals surface area contributed by atoms with E-state index in [0.717, 1.165) is 18.7 Å². The quantitative estimate of drug-likeness (QED) is 0.887. The van der Waals surface area contributed by atoms with Crippen molar-refractivity contribution in [3.8, 4) is 0 Å². The van der Waals surface area contributed by atoms with Crippen molar-refractivity contribution in [2.45, 2.75) is 39.1 Å². The highest BCUT2D eigenvalue weighted by Gasteiger charge is 2.26. The molecule has 1 saturated heterocycles. The van der Waals surface area contributed by atoms with E-state index in [1.807, 2.05) is 55.4 Å². The molecule has 0 radical (unpaired) electrons. The number of carbonyl (C=O) groups is 1. The summed E-state index contributed by atoms with van der Waals surface area (Å²) in [6.45, 7) is 6.94. The first-order valence-corrected chi connectivity index (χ1v) is 8.48. The van der Waals surface area contributed by atoms with E-state index in [4.69, 9.17) is 4.74 Å². The Labute approximate surface area is 143 Å². The minimum Gasteiger partial charge on any atom is -0.372 e. The third kappa shape index (κ3) is 4.24. The van der Waals surface area contributed by atoms with Gasteiger partial charge in [0.25, 0.3) is 5.91 Å². The Morgan fingerprint density at radius 1 is 1.12 bits per heavy atom. The Bertz CT molecular complexity index is 642. The molecule has 5 heteroatoms. The Morgan fingerprint density at radius 2 is 1.79 bits per heavy atom. The number of morpholine rings is 1. The molecule has 0 unspecified atom stereocenters. The second-order valence-electron chi connectivity index (χ2n) is 6.49. The summed E-state index contributed by atoms with van der Waals surface area (Å²) >= 11 is 0. The number of benzene rings is 1. The lowest BCUT2D eigenvalue weighted by Crippen LogP contribution is -2.48. The lowest BCUT2D eigenvalue weighted by Gasteiger charge is -2.35. The zero-order chi connectivity index (χ0) is 16.9. The van der Waals surface area contributed by atoms with Crippen LogP contribution in [-0.4, -0.2) is 41.1 Å². The van der Waals surface area contributed by atoms with Crippen LogP contribution in [0.15, 0.2) is 42.7 Å². The van der Waals surface area contributed by atoms with Gasteiger partial charge < -0.3 is 19.9 Å². The Hall–Kier alpha value is -2.11. The van der Waals surface area contributed by atoms with Crippen LogP contribution >= 0.6 is 0 Å². The van der Waals surface area contributed by atoms with Gasteiger partial charge in [-0.15, -0.1) is 0 Å². The van der Waals surface area contributed by atoms with Crippen molar-refractivity contribution in [2.24, 2.45) is 0 Å². The minimum atomic E-state index is 0.0869. The molecular formula is C19H25N3O2. The molecule has 1 amide bonds. The maximum Gasteiger partial charge on any atom is 0.254 e. The molecule has 1 aliphatic rings. The molecule has 0 spiro atoms. The molecule has 3 rings (SSSR count). The van der Waals surface area contributed by atoms with Crippen molar-refractivity contribution in [1.82, 2.24) is 15.2 Å². The SMILES string of the molecule is C[C@@H]1CN(C(=O)c2ccc(CNCc3cc[nH]c3)cc2)C[C@H](C)O1. The smallest absolute Gasteiger partial charge is 0.254 e. The molecule has 2 heterocycles. The third-order valence-electron chi connectivity index (χ3n) is 4.23. The number of rotatable bonds is 5. The lowest BCUT2D eigenvalue weighted by molar-refractivity contribution is -0.0586. The van der Waals surface area contributed by atoms with Crippen molar-refractivity contribution in [3.05, 3.63) is 59.4 Å². The zero-order valence-electron chi connectivity index (χ0n) is 14.3. The summed E-state index contributed by atoms with van der Waals surface area (Å²) in [6, 6.07) is 9.93. The molecule has 2 aromatic rings. The second-order valence-corrected chi connectivity index (χ2v) is 6.49. The van der Waals surface area contributed by atoms with Crippen LogP contribution in [0.2, 0.25) is 0 Å². The van der Waals surface area contributed by atoms with E-state index >= 15 is 0 Å². The van der Waals surface area contributed by atoms with Crippen molar-refractivity contribution in [2.75, 3.05) is 13.1 Å². The maximum absolute atomic E-state index is 12.6. The van der Waals surface area contributed by atoms with E-state index in [-0.39, 0.29) is 18.1 Å². The predicted molar refractivity (Wildman–Crippen MR) is 93.7 cm³/mol. The summed E-state index contributed by atoms with van der Waals surface area (Å²) in [6.07, 6.45) is 4.09. The van der Waals surface area contributed by atoms with Crippen LogP contribution < -0.4 is 5.32 Å². The van der Waals surface area contributed by atoms with Gasteiger partial charge >= 0.3 is 0 Å². The number of nitrogens with zero attached hydrogens (tertiary/aromatic N) is 1. The number of nitrogens with one attached hydrogen (secondary N) is 2. The average molecular weight is 327 g/mol. The number of amides is 1. The van der Waals surface area contributed by atoms with Crippen molar-refractivity contribution in [1.29, 1.82) is 0 Å². The largest absolute Gasteiger partial charge is 0.372 e. The van der Waals surface area contributed by atoms with Crippen LogP contribution in [0.4, 0.5) is 0 Å². The Balaban J connectivity index is 1.54. The molecule has 0 bridgehead atoms. The van der Waals surface area contributed by atoms with Gasteiger partial charge in [-0.05, 0) is 43.2 Å². The van der Waals surface area contributed by atoms with Crippen LogP contribution in [0.5, 0.6) is 0 Å². The number of carbonyl (C=O) groups excluding carboxylic acids is 1. The standard InChI is InChI=1S/C19H25N3O2/c1-14-12-22(13-15(2)24-14)19(23)18-5-3-16(4-6-18)9-21-11-17-7-8-20-10-17/h3-8,10,14-15,20-21H,9,11-13H2,1-2H3/t14-,15+. The molecule has 5 nitrogen and oxygen atoms in total. The number of H-pyrrole nitrogens is 1. The van der Waals surface area contributed by atoms with E-state index in [9.17, 15) is 4.79 Å². The first kappa shape index (κ1) is 16.7. The first-order chi connectivity index (χ1) is 11.6. The third-order valence-corrected chi connectivity index (χ3v) is 4.23. The van der Waals surface area contributed by atoms with Crippen molar-refractivity contribution >= 4 is 5.91 Å². The number of aromatic nitrogens is 1. The molecule has 1 aromatic carbocycles. The lowest BCUT2D eigenvalue weighted by atomic mass is 10.1. The number of aromatic amines is 1. The molecule has 24 heavy (non-hydrogen) atoms. The fourth-order valence-corrected chi connectivity index (χ4v) is 3.11. The highest BCUT2D eigenvalue weighted by atomic mass is 16.5. The molecule has 1 fully saturated rings. The van der Waals surface area contributed by atoms with Gasteiger partial charge in [-0.1, -0.05) is 12.1 Å². The monoisotopic (exact) mass is 327 g/mol. The normalized spacial score (nSPS) is 21.0. The predicted octanol–water partition coefficient (Wildman–Crippen LogP) is 2.55. The van der Waals surface area contributed by atoms with Crippen LogP contribution in [0.25, 0.3) is 0 Å². The Kier molecular flexibility index (Phi) is 5.33. The molecule has 128 valence electrons. The minimum absolute atomic E-state index is 0.0869. The van der Waals surface area contributed by atoms with Gasteiger partial charge in [0.05, 0.1) is 12.2 Å². The molecular weight excluding hydrogens is 302 g/mol. The van der Waals surface area contributed by atoms with Crippen LogP contribution in [-0.2, 0) is 17.8 Å². The fraction of sp³-hybridized carbons (Fsp3) is 0.421. The van der Waals surface area contributed by atoms with Gasteiger partial charge in [0.15, 0.2) is 0 Å². The molecule has 0 saturated carbocycles. The summed E-state index contributed by atoms with van der Waals surface area (Å²) in [5.74, 6) is 0.0869. The molecule has 1 aliphatic heterocycles. The number of hydrogen-bond donors (Lipinski definition) is 2. The second kappa shape index (κ2) is 7.64.